The SMILES string of the molecule is Cc1ccc(NC(=O)c2sc3nc4n(c(=O)c3c2C)NC(c2ccc(F)cc2)=CS4)c(C)c1. The molecule has 0 radical (unpaired) electrons. The Kier molecular flexibility index (Phi) is 5.30. The van der Waals surface area contributed by atoms with Crippen LogP contribution in [0, 0.1) is 26.6 Å². The van der Waals surface area contributed by atoms with Crippen LogP contribution in [0.1, 0.15) is 31.9 Å². The number of fused-ring (bicyclic) bond motifs is 2. The van der Waals surface area contributed by atoms with Crippen LogP contribution in [0.3, 0.4) is 0 Å². The molecule has 2 N–H and O–H groups in total. The lowest BCUT2D eigenvalue weighted by Gasteiger charge is -2.20. The second-order valence-electron chi connectivity index (χ2n) is 7.81. The van der Waals surface area contributed by atoms with Crippen LogP contribution >= 0.6 is 23.1 Å². The number of amides is 1. The van der Waals surface area contributed by atoms with E-state index in [-0.39, 0.29) is 17.3 Å². The second kappa shape index (κ2) is 8.17. The first-order chi connectivity index (χ1) is 15.8. The molecule has 33 heavy (non-hydrogen) atoms. The number of thiophene rings is 1. The molecule has 0 aliphatic carbocycles. The number of nitrogens with zero attached hydrogens (tertiary/aromatic N) is 2. The van der Waals surface area contributed by atoms with Crippen molar-refractivity contribution in [1.82, 2.24) is 9.66 Å². The first-order valence-corrected chi connectivity index (χ1v) is 11.9. The van der Waals surface area contributed by atoms with Crippen molar-refractivity contribution in [3.63, 3.8) is 0 Å². The average Bonchev–Trinajstić information content (AvgIpc) is 3.12. The molecular weight excluding hydrogens is 459 g/mol. The Bertz CT molecular complexity index is 1520. The van der Waals surface area contributed by atoms with Gasteiger partial charge in [0.15, 0.2) is 5.16 Å². The highest BCUT2D eigenvalue weighted by molar-refractivity contribution is 8.02. The minimum absolute atomic E-state index is 0.268. The Hall–Kier alpha value is -3.43. The van der Waals surface area contributed by atoms with Crippen LogP contribution in [0.25, 0.3) is 15.9 Å². The van der Waals surface area contributed by atoms with Gasteiger partial charge in [0, 0.05) is 16.7 Å². The van der Waals surface area contributed by atoms with Gasteiger partial charge in [-0.15, -0.1) is 11.3 Å². The number of thioether (sulfide) groups is 1. The normalized spacial score (nSPS) is 12.8. The van der Waals surface area contributed by atoms with Crippen molar-refractivity contribution >= 4 is 50.6 Å². The lowest BCUT2D eigenvalue weighted by Crippen LogP contribution is -2.32. The summed E-state index contributed by atoms with van der Waals surface area (Å²) in [6.07, 6.45) is 0. The van der Waals surface area contributed by atoms with Gasteiger partial charge in [0.1, 0.15) is 10.6 Å². The van der Waals surface area contributed by atoms with E-state index < -0.39 is 0 Å². The van der Waals surface area contributed by atoms with Crippen LogP contribution in [0.4, 0.5) is 10.1 Å². The van der Waals surface area contributed by atoms with Crippen LogP contribution in [0.5, 0.6) is 0 Å². The standard InChI is InChI=1S/C24H19FN4O2S2/c1-12-4-9-17(13(2)10-12)26-21(30)20-14(3)19-22(33-20)27-24-29(23(19)31)28-18(11-32-24)15-5-7-16(25)8-6-15/h4-11,28H,1-3H3,(H,26,30). The van der Waals surface area contributed by atoms with Crippen LogP contribution < -0.4 is 16.3 Å². The lowest BCUT2D eigenvalue weighted by atomic mass is 10.1. The first kappa shape index (κ1) is 21.4. The number of nitrogens with one attached hydrogen (secondary N) is 2. The summed E-state index contributed by atoms with van der Waals surface area (Å²) in [5.74, 6) is -0.597. The van der Waals surface area contributed by atoms with Gasteiger partial charge in [0.05, 0.1) is 16.0 Å². The molecule has 0 unspecified atom stereocenters. The van der Waals surface area contributed by atoms with Crippen molar-refractivity contribution in [1.29, 1.82) is 0 Å². The Balaban J connectivity index is 1.51. The van der Waals surface area contributed by atoms with Crippen molar-refractivity contribution in [2.75, 3.05) is 10.7 Å². The maximum atomic E-state index is 13.3. The van der Waals surface area contributed by atoms with E-state index in [2.05, 4.69) is 15.7 Å². The molecule has 0 saturated carbocycles. The van der Waals surface area contributed by atoms with E-state index in [1.165, 1.54) is 39.9 Å². The Morgan fingerprint density at radius 1 is 1.12 bits per heavy atom. The molecule has 166 valence electrons. The first-order valence-electron chi connectivity index (χ1n) is 10.2. The molecule has 0 atom stereocenters. The average molecular weight is 479 g/mol. The highest BCUT2D eigenvalue weighted by atomic mass is 32.2. The smallest absolute Gasteiger partial charge is 0.282 e. The van der Waals surface area contributed by atoms with Gasteiger partial charge in [-0.05, 0) is 62.2 Å². The van der Waals surface area contributed by atoms with Gasteiger partial charge in [-0.3, -0.25) is 15.0 Å². The van der Waals surface area contributed by atoms with E-state index in [4.69, 9.17) is 0 Å². The molecule has 0 spiro atoms. The molecule has 6 nitrogen and oxygen atoms in total. The third-order valence-corrected chi connectivity index (χ3v) is 7.46. The van der Waals surface area contributed by atoms with Gasteiger partial charge in [-0.1, -0.05) is 29.5 Å². The molecule has 3 heterocycles. The fourth-order valence-electron chi connectivity index (χ4n) is 3.71. The number of benzene rings is 2. The zero-order valence-corrected chi connectivity index (χ0v) is 19.7. The molecule has 0 fully saturated rings. The maximum Gasteiger partial charge on any atom is 0.282 e. The van der Waals surface area contributed by atoms with Gasteiger partial charge in [0.2, 0.25) is 0 Å². The Labute approximate surface area is 197 Å². The minimum Gasteiger partial charge on any atom is -0.321 e. The summed E-state index contributed by atoms with van der Waals surface area (Å²) >= 11 is 2.50. The third-order valence-electron chi connectivity index (χ3n) is 5.44. The zero-order chi connectivity index (χ0) is 23.3. The molecule has 2 aromatic carbocycles. The van der Waals surface area contributed by atoms with E-state index in [1.54, 1.807) is 19.1 Å². The van der Waals surface area contributed by atoms with E-state index in [0.29, 0.717) is 31.5 Å². The summed E-state index contributed by atoms with van der Waals surface area (Å²) in [6, 6.07) is 11.8. The highest BCUT2D eigenvalue weighted by Gasteiger charge is 2.24. The van der Waals surface area contributed by atoms with Crippen molar-refractivity contribution in [3.05, 3.63) is 91.2 Å². The number of hydrogen-bond acceptors (Lipinski definition) is 6. The summed E-state index contributed by atoms with van der Waals surface area (Å²) in [6.45, 7) is 5.70. The number of halogens is 1. The fourth-order valence-corrected chi connectivity index (χ4v) is 5.63. The predicted molar refractivity (Wildman–Crippen MR) is 132 cm³/mol. The molecule has 9 heteroatoms. The van der Waals surface area contributed by atoms with Gasteiger partial charge in [-0.2, -0.15) is 4.68 Å². The Morgan fingerprint density at radius 2 is 1.88 bits per heavy atom. The number of anilines is 1. The van der Waals surface area contributed by atoms with Gasteiger partial charge in [-0.25, -0.2) is 9.37 Å². The monoisotopic (exact) mass is 478 g/mol. The number of hydrogen-bond donors (Lipinski definition) is 2. The van der Waals surface area contributed by atoms with Crippen LogP contribution in [-0.2, 0) is 0 Å². The molecule has 2 aromatic heterocycles. The summed E-state index contributed by atoms with van der Waals surface area (Å²) in [5.41, 5.74) is 7.61. The summed E-state index contributed by atoms with van der Waals surface area (Å²) < 4.78 is 14.7. The number of rotatable bonds is 3. The largest absolute Gasteiger partial charge is 0.321 e. The molecule has 1 amide bonds. The number of carbonyl (C=O) groups excluding carboxylic acids is 1. The van der Waals surface area contributed by atoms with Gasteiger partial charge in [0.25, 0.3) is 11.5 Å². The van der Waals surface area contributed by atoms with Crippen LogP contribution in [0.2, 0.25) is 0 Å². The predicted octanol–water partition coefficient (Wildman–Crippen LogP) is 5.42. The second-order valence-corrected chi connectivity index (χ2v) is 9.65. The van der Waals surface area contributed by atoms with Crippen LogP contribution in [-0.4, -0.2) is 15.6 Å². The van der Waals surface area contributed by atoms with Crippen molar-refractivity contribution < 1.29 is 9.18 Å². The summed E-state index contributed by atoms with van der Waals surface area (Å²) in [5, 5.41) is 5.66. The molecule has 1 aliphatic rings. The summed E-state index contributed by atoms with van der Waals surface area (Å²) in [4.78, 5) is 32.0. The number of aromatic nitrogens is 2. The van der Waals surface area contributed by atoms with Gasteiger partial charge >= 0.3 is 0 Å². The number of aryl methyl sites for hydroxylation is 3. The lowest BCUT2D eigenvalue weighted by molar-refractivity contribution is 0.103. The molecule has 5 rings (SSSR count). The van der Waals surface area contributed by atoms with Crippen molar-refractivity contribution in [2.24, 2.45) is 0 Å². The summed E-state index contributed by atoms with van der Waals surface area (Å²) in [7, 11) is 0. The van der Waals surface area contributed by atoms with Crippen LogP contribution in [0.15, 0.2) is 57.8 Å². The highest BCUT2D eigenvalue weighted by Crippen LogP contribution is 2.33. The van der Waals surface area contributed by atoms with E-state index in [0.717, 1.165) is 22.4 Å². The molecule has 1 aliphatic heterocycles. The molecular formula is C24H19FN4O2S2. The van der Waals surface area contributed by atoms with Gasteiger partial charge < -0.3 is 5.32 Å². The van der Waals surface area contributed by atoms with E-state index in [9.17, 15) is 14.0 Å². The molecule has 0 bridgehead atoms. The van der Waals surface area contributed by atoms with Crippen molar-refractivity contribution in [3.8, 4) is 0 Å². The quantitative estimate of drug-likeness (QED) is 0.385. The molecule has 4 aromatic rings. The topological polar surface area (TPSA) is 76.0 Å². The Morgan fingerprint density at radius 3 is 2.61 bits per heavy atom. The van der Waals surface area contributed by atoms with Crippen molar-refractivity contribution in [2.45, 2.75) is 25.9 Å². The zero-order valence-electron chi connectivity index (χ0n) is 18.0. The molecule has 0 saturated heterocycles. The third kappa shape index (κ3) is 3.83. The van der Waals surface area contributed by atoms with E-state index >= 15 is 0 Å². The fraction of sp³-hybridized carbons (Fsp3) is 0.125. The number of carbonyl (C=O) groups is 1. The minimum atomic E-state index is -0.329. The van der Waals surface area contributed by atoms with E-state index in [1.807, 2.05) is 37.5 Å². The maximum absolute atomic E-state index is 13.3.